The molecule has 2 nitrogen and oxygen atoms in total. The highest BCUT2D eigenvalue weighted by Gasteiger charge is 2.46. The Bertz CT molecular complexity index is 589. The Kier molecular flexibility index (Phi) is 3.04. The zero-order valence-corrected chi connectivity index (χ0v) is 12.5. The second kappa shape index (κ2) is 4.44. The predicted octanol–water partition coefficient (Wildman–Crippen LogP) is 3.90. The lowest BCUT2D eigenvalue weighted by molar-refractivity contribution is 0.255. The second-order valence-electron chi connectivity index (χ2n) is 4.94. The van der Waals surface area contributed by atoms with E-state index in [0.29, 0.717) is 0 Å². The fourth-order valence-corrected chi connectivity index (χ4v) is 3.54. The SMILES string of the molecule is Cc1ccc(Br)cc1-c1csc(C2(CO)CC2)n1. The molecule has 94 valence electrons. The van der Waals surface area contributed by atoms with Crippen molar-refractivity contribution in [3.8, 4) is 11.3 Å². The lowest BCUT2D eigenvalue weighted by Gasteiger charge is -2.07. The summed E-state index contributed by atoms with van der Waals surface area (Å²) in [5.74, 6) is 0. The summed E-state index contributed by atoms with van der Waals surface area (Å²) in [6.07, 6.45) is 2.13. The van der Waals surface area contributed by atoms with E-state index in [2.05, 4.69) is 40.4 Å². The molecule has 3 rings (SSSR count). The van der Waals surface area contributed by atoms with Gasteiger partial charge < -0.3 is 5.11 Å². The third kappa shape index (κ3) is 2.02. The third-order valence-corrected chi connectivity index (χ3v) is 5.17. The van der Waals surface area contributed by atoms with Gasteiger partial charge in [0.2, 0.25) is 0 Å². The fourth-order valence-electron chi connectivity index (χ4n) is 2.10. The first kappa shape index (κ1) is 12.3. The molecule has 0 atom stereocenters. The van der Waals surface area contributed by atoms with Crippen molar-refractivity contribution in [2.75, 3.05) is 6.61 Å². The van der Waals surface area contributed by atoms with Crippen LogP contribution in [0.2, 0.25) is 0 Å². The Hall–Kier alpha value is -0.710. The number of nitrogens with zero attached hydrogens (tertiary/aromatic N) is 1. The van der Waals surface area contributed by atoms with Crippen molar-refractivity contribution < 1.29 is 5.11 Å². The first-order chi connectivity index (χ1) is 8.64. The van der Waals surface area contributed by atoms with E-state index < -0.39 is 0 Å². The standard InChI is InChI=1S/C14H14BrNOS/c1-9-2-3-10(15)6-11(9)12-7-18-13(16-12)14(8-17)4-5-14/h2-3,6-7,17H,4-5,8H2,1H3. The molecule has 0 unspecified atom stereocenters. The molecule has 18 heavy (non-hydrogen) atoms. The van der Waals surface area contributed by atoms with Gasteiger partial charge in [-0.2, -0.15) is 0 Å². The maximum atomic E-state index is 9.45. The Morgan fingerprint density at radius 2 is 2.22 bits per heavy atom. The minimum absolute atomic E-state index is 0.0250. The van der Waals surface area contributed by atoms with E-state index in [0.717, 1.165) is 28.0 Å². The number of aromatic nitrogens is 1. The van der Waals surface area contributed by atoms with Gasteiger partial charge in [-0.3, -0.25) is 0 Å². The lowest BCUT2D eigenvalue weighted by Crippen LogP contribution is -2.11. The number of rotatable bonds is 3. The molecule has 1 aromatic carbocycles. The zero-order valence-electron chi connectivity index (χ0n) is 10.1. The average Bonchev–Trinajstić information content (AvgIpc) is 3.02. The van der Waals surface area contributed by atoms with Gasteiger partial charge in [-0.25, -0.2) is 4.98 Å². The van der Waals surface area contributed by atoms with Crippen LogP contribution in [0.15, 0.2) is 28.1 Å². The molecule has 4 heteroatoms. The Morgan fingerprint density at radius 1 is 1.44 bits per heavy atom. The smallest absolute Gasteiger partial charge is 0.102 e. The molecular weight excluding hydrogens is 310 g/mol. The quantitative estimate of drug-likeness (QED) is 0.929. The van der Waals surface area contributed by atoms with Crippen LogP contribution in [0.25, 0.3) is 11.3 Å². The minimum atomic E-state index is -0.0250. The van der Waals surface area contributed by atoms with Gasteiger partial charge in [-0.1, -0.05) is 22.0 Å². The Morgan fingerprint density at radius 3 is 2.89 bits per heavy atom. The average molecular weight is 324 g/mol. The number of thiazole rings is 1. The van der Waals surface area contributed by atoms with Crippen LogP contribution in [0.1, 0.15) is 23.4 Å². The molecule has 0 spiro atoms. The summed E-state index contributed by atoms with van der Waals surface area (Å²) in [6.45, 7) is 2.32. The van der Waals surface area contributed by atoms with Crippen LogP contribution in [0.4, 0.5) is 0 Å². The third-order valence-electron chi connectivity index (χ3n) is 3.59. The molecular formula is C14H14BrNOS. The van der Waals surface area contributed by atoms with Crippen LogP contribution in [0.5, 0.6) is 0 Å². The fraction of sp³-hybridized carbons (Fsp3) is 0.357. The topological polar surface area (TPSA) is 33.1 Å². The number of hydrogen-bond donors (Lipinski definition) is 1. The highest BCUT2D eigenvalue weighted by atomic mass is 79.9. The molecule has 1 aliphatic carbocycles. The molecule has 1 N–H and O–H groups in total. The summed E-state index contributed by atoms with van der Waals surface area (Å²) < 4.78 is 1.07. The first-order valence-electron chi connectivity index (χ1n) is 5.98. The van der Waals surface area contributed by atoms with Crippen molar-refractivity contribution in [1.82, 2.24) is 4.98 Å². The van der Waals surface area contributed by atoms with E-state index in [1.807, 2.05) is 6.07 Å². The van der Waals surface area contributed by atoms with Gasteiger partial charge in [-0.15, -0.1) is 11.3 Å². The molecule has 1 fully saturated rings. The predicted molar refractivity (Wildman–Crippen MR) is 78.0 cm³/mol. The van der Waals surface area contributed by atoms with E-state index in [4.69, 9.17) is 4.98 Å². The van der Waals surface area contributed by atoms with E-state index in [1.165, 1.54) is 11.1 Å². The summed E-state index contributed by atoms with van der Waals surface area (Å²) in [7, 11) is 0. The molecule has 1 saturated carbocycles. The Labute approximate surface area is 119 Å². The number of aryl methyl sites for hydroxylation is 1. The first-order valence-corrected chi connectivity index (χ1v) is 7.65. The molecule has 0 aliphatic heterocycles. The van der Waals surface area contributed by atoms with Crippen LogP contribution in [0.3, 0.4) is 0 Å². The molecule has 0 bridgehead atoms. The maximum Gasteiger partial charge on any atom is 0.102 e. The van der Waals surface area contributed by atoms with Crippen molar-refractivity contribution in [2.45, 2.75) is 25.2 Å². The molecule has 0 radical (unpaired) electrons. The van der Waals surface area contributed by atoms with E-state index in [-0.39, 0.29) is 12.0 Å². The highest BCUT2D eigenvalue weighted by molar-refractivity contribution is 9.10. The van der Waals surface area contributed by atoms with Crippen molar-refractivity contribution in [3.05, 3.63) is 38.6 Å². The van der Waals surface area contributed by atoms with Gasteiger partial charge in [0.05, 0.1) is 12.3 Å². The van der Waals surface area contributed by atoms with Crippen molar-refractivity contribution in [2.24, 2.45) is 0 Å². The molecule has 1 aromatic heterocycles. The van der Waals surface area contributed by atoms with Crippen LogP contribution < -0.4 is 0 Å². The molecule has 0 saturated heterocycles. The van der Waals surface area contributed by atoms with Gasteiger partial charge in [0, 0.05) is 20.8 Å². The summed E-state index contributed by atoms with van der Waals surface area (Å²) >= 11 is 5.17. The maximum absolute atomic E-state index is 9.45. The van der Waals surface area contributed by atoms with Crippen LogP contribution in [-0.4, -0.2) is 16.7 Å². The highest BCUT2D eigenvalue weighted by Crippen LogP contribution is 2.49. The summed E-state index contributed by atoms with van der Waals surface area (Å²) in [6, 6.07) is 6.24. The molecule has 0 amide bonds. The summed E-state index contributed by atoms with van der Waals surface area (Å²) in [5.41, 5.74) is 3.39. The normalized spacial score (nSPS) is 16.8. The van der Waals surface area contributed by atoms with E-state index in [1.54, 1.807) is 11.3 Å². The number of benzene rings is 1. The van der Waals surface area contributed by atoms with Gasteiger partial charge in [0.25, 0.3) is 0 Å². The number of aliphatic hydroxyl groups excluding tert-OH is 1. The van der Waals surface area contributed by atoms with Crippen molar-refractivity contribution in [3.63, 3.8) is 0 Å². The molecule has 2 aromatic rings. The van der Waals surface area contributed by atoms with Gasteiger partial charge in [-0.05, 0) is 37.5 Å². The second-order valence-corrected chi connectivity index (χ2v) is 6.71. The zero-order chi connectivity index (χ0) is 12.8. The Balaban J connectivity index is 2.00. The van der Waals surface area contributed by atoms with E-state index in [9.17, 15) is 5.11 Å². The van der Waals surface area contributed by atoms with E-state index >= 15 is 0 Å². The van der Waals surface area contributed by atoms with Crippen LogP contribution in [0, 0.1) is 6.92 Å². The lowest BCUT2D eigenvalue weighted by atomic mass is 10.1. The van der Waals surface area contributed by atoms with Crippen molar-refractivity contribution >= 4 is 27.3 Å². The van der Waals surface area contributed by atoms with Crippen LogP contribution >= 0.6 is 27.3 Å². The monoisotopic (exact) mass is 323 g/mol. The number of halogens is 1. The summed E-state index contributed by atoms with van der Waals surface area (Å²) in [5, 5.41) is 12.6. The molecule has 1 heterocycles. The van der Waals surface area contributed by atoms with Crippen LogP contribution in [-0.2, 0) is 5.41 Å². The van der Waals surface area contributed by atoms with Gasteiger partial charge >= 0.3 is 0 Å². The minimum Gasteiger partial charge on any atom is -0.395 e. The largest absolute Gasteiger partial charge is 0.395 e. The summed E-state index contributed by atoms with van der Waals surface area (Å²) in [4.78, 5) is 4.73. The van der Waals surface area contributed by atoms with Gasteiger partial charge in [0.15, 0.2) is 0 Å². The number of hydrogen-bond acceptors (Lipinski definition) is 3. The van der Waals surface area contributed by atoms with Gasteiger partial charge in [0.1, 0.15) is 5.01 Å². The number of aliphatic hydroxyl groups is 1. The molecule has 1 aliphatic rings. The van der Waals surface area contributed by atoms with Crippen molar-refractivity contribution in [1.29, 1.82) is 0 Å².